The van der Waals surface area contributed by atoms with Gasteiger partial charge in [-0.25, -0.2) is 4.39 Å². The smallest absolute Gasteiger partial charge is 0.123 e. The third-order valence-electron chi connectivity index (χ3n) is 4.36. The van der Waals surface area contributed by atoms with Crippen molar-refractivity contribution in [2.75, 3.05) is 13.1 Å². The molecule has 0 radical (unpaired) electrons. The van der Waals surface area contributed by atoms with Crippen LogP contribution >= 0.6 is 12.2 Å². The number of piperidine rings is 1. The van der Waals surface area contributed by atoms with Gasteiger partial charge in [0.2, 0.25) is 0 Å². The van der Waals surface area contributed by atoms with Crippen molar-refractivity contribution in [3.05, 3.63) is 71.5 Å². The second kappa shape index (κ2) is 7.01. The summed E-state index contributed by atoms with van der Waals surface area (Å²) in [5, 5.41) is 0. The number of hydrogen-bond acceptors (Lipinski definition) is 1. The average molecular weight is 313 g/mol. The lowest BCUT2D eigenvalue weighted by Gasteiger charge is -2.34. The van der Waals surface area contributed by atoms with Crippen molar-refractivity contribution in [3.63, 3.8) is 0 Å². The zero-order chi connectivity index (χ0) is 15.4. The van der Waals surface area contributed by atoms with Crippen LogP contribution in [0.5, 0.6) is 0 Å². The van der Waals surface area contributed by atoms with Crippen molar-refractivity contribution in [2.24, 2.45) is 5.92 Å². The summed E-state index contributed by atoms with van der Waals surface area (Å²) in [6.45, 7) is 1.99. The molecule has 0 saturated carbocycles. The van der Waals surface area contributed by atoms with Crippen molar-refractivity contribution in [1.29, 1.82) is 0 Å². The second-order valence-electron chi connectivity index (χ2n) is 5.93. The molecule has 1 aliphatic rings. The number of nitrogens with zero attached hydrogens (tertiary/aromatic N) is 1. The van der Waals surface area contributed by atoms with Crippen LogP contribution < -0.4 is 0 Å². The molecule has 1 heterocycles. The molecule has 1 saturated heterocycles. The maximum atomic E-state index is 13.0. The summed E-state index contributed by atoms with van der Waals surface area (Å²) in [5.74, 6) is 0.516. The molecule has 22 heavy (non-hydrogen) atoms. The Morgan fingerprint density at radius 3 is 2.27 bits per heavy atom. The fourth-order valence-corrected chi connectivity index (χ4v) is 3.38. The highest BCUT2D eigenvalue weighted by Gasteiger charge is 2.21. The van der Waals surface area contributed by atoms with Crippen molar-refractivity contribution >= 4 is 17.2 Å². The van der Waals surface area contributed by atoms with E-state index in [4.69, 9.17) is 12.2 Å². The van der Waals surface area contributed by atoms with Gasteiger partial charge in [0.1, 0.15) is 10.8 Å². The maximum Gasteiger partial charge on any atom is 0.123 e. The van der Waals surface area contributed by atoms with Gasteiger partial charge in [-0.05, 0) is 55.0 Å². The molecule has 114 valence electrons. The van der Waals surface area contributed by atoms with Crippen molar-refractivity contribution in [2.45, 2.75) is 19.3 Å². The van der Waals surface area contributed by atoms with Gasteiger partial charge in [-0.2, -0.15) is 0 Å². The Balaban J connectivity index is 1.55. The predicted molar refractivity (Wildman–Crippen MR) is 92.5 cm³/mol. The third kappa shape index (κ3) is 3.72. The first-order chi connectivity index (χ1) is 10.7. The van der Waals surface area contributed by atoms with Gasteiger partial charge in [-0.15, -0.1) is 0 Å². The number of rotatable bonds is 3. The van der Waals surface area contributed by atoms with Crippen LogP contribution in [0, 0.1) is 11.7 Å². The van der Waals surface area contributed by atoms with Crippen LogP contribution in [-0.4, -0.2) is 23.0 Å². The molecule has 0 N–H and O–H groups in total. The SMILES string of the molecule is Fc1ccc(C(=S)N2CCC(Cc3ccccc3)CC2)cc1. The van der Waals surface area contributed by atoms with E-state index in [1.807, 2.05) is 0 Å². The van der Waals surface area contributed by atoms with Crippen LogP contribution in [0.2, 0.25) is 0 Å². The van der Waals surface area contributed by atoms with Gasteiger partial charge in [-0.3, -0.25) is 0 Å². The van der Waals surface area contributed by atoms with Crippen LogP contribution in [0.15, 0.2) is 54.6 Å². The van der Waals surface area contributed by atoms with Crippen molar-refractivity contribution in [3.8, 4) is 0 Å². The molecule has 3 heteroatoms. The minimum atomic E-state index is -0.215. The number of likely N-dealkylation sites (tertiary alicyclic amines) is 1. The van der Waals surface area contributed by atoms with Crippen molar-refractivity contribution < 1.29 is 4.39 Å². The van der Waals surface area contributed by atoms with Gasteiger partial charge in [0.25, 0.3) is 0 Å². The van der Waals surface area contributed by atoms with Gasteiger partial charge in [0, 0.05) is 18.7 Å². The monoisotopic (exact) mass is 313 g/mol. The van der Waals surface area contributed by atoms with E-state index in [9.17, 15) is 4.39 Å². The lowest BCUT2D eigenvalue weighted by molar-refractivity contribution is 0.268. The zero-order valence-electron chi connectivity index (χ0n) is 12.5. The van der Waals surface area contributed by atoms with E-state index in [1.165, 1.54) is 17.7 Å². The van der Waals surface area contributed by atoms with Gasteiger partial charge >= 0.3 is 0 Å². The Labute approximate surface area is 136 Å². The number of thiocarbonyl (C=S) groups is 1. The van der Waals surface area contributed by atoms with E-state index >= 15 is 0 Å². The summed E-state index contributed by atoms with van der Waals surface area (Å²) in [5.41, 5.74) is 2.36. The molecule has 0 amide bonds. The van der Waals surface area contributed by atoms with Crippen LogP contribution in [0.3, 0.4) is 0 Å². The number of halogens is 1. The third-order valence-corrected chi connectivity index (χ3v) is 4.85. The van der Waals surface area contributed by atoms with E-state index in [0.717, 1.165) is 48.8 Å². The topological polar surface area (TPSA) is 3.24 Å². The Hall–Kier alpha value is -1.74. The normalized spacial score (nSPS) is 15.8. The second-order valence-corrected chi connectivity index (χ2v) is 6.32. The minimum Gasteiger partial charge on any atom is -0.362 e. The van der Waals surface area contributed by atoms with Gasteiger partial charge in [0.15, 0.2) is 0 Å². The van der Waals surface area contributed by atoms with Crippen LogP contribution in [-0.2, 0) is 6.42 Å². The quantitative estimate of drug-likeness (QED) is 0.770. The standard InChI is InChI=1S/C19H20FNS/c20-18-8-6-17(7-9-18)19(22)21-12-10-16(11-13-21)14-15-4-2-1-3-5-15/h1-9,16H,10-14H2. The zero-order valence-corrected chi connectivity index (χ0v) is 13.4. The van der Waals surface area contributed by atoms with E-state index in [0.29, 0.717) is 0 Å². The molecular weight excluding hydrogens is 293 g/mol. The fourth-order valence-electron chi connectivity index (χ4n) is 3.06. The predicted octanol–water partition coefficient (Wildman–Crippen LogP) is 4.46. The average Bonchev–Trinajstić information content (AvgIpc) is 2.57. The summed E-state index contributed by atoms with van der Waals surface area (Å²) in [6.07, 6.45) is 3.48. The molecule has 0 atom stereocenters. The molecule has 0 aliphatic carbocycles. The molecule has 0 bridgehead atoms. The van der Waals surface area contributed by atoms with Crippen molar-refractivity contribution in [1.82, 2.24) is 4.90 Å². The molecule has 1 nitrogen and oxygen atoms in total. The molecule has 1 fully saturated rings. The van der Waals surface area contributed by atoms with Gasteiger partial charge in [0.05, 0.1) is 0 Å². The van der Waals surface area contributed by atoms with Crippen LogP contribution in [0.25, 0.3) is 0 Å². The molecule has 2 aromatic rings. The highest BCUT2D eigenvalue weighted by Crippen LogP contribution is 2.23. The summed E-state index contributed by atoms with van der Waals surface area (Å²) < 4.78 is 13.0. The number of hydrogen-bond donors (Lipinski definition) is 0. The Morgan fingerprint density at radius 2 is 1.64 bits per heavy atom. The minimum absolute atomic E-state index is 0.215. The maximum absolute atomic E-state index is 13.0. The molecule has 0 spiro atoms. The first kappa shape index (κ1) is 15.2. The molecular formula is C19H20FNS. The van der Waals surface area contributed by atoms with Gasteiger partial charge in [-0.1, -0.05) is 42.5 Å². The van der Waals surface area contributed by atoms with Crippen LogP contribution in [0.4, 0.5) is 4.39 Å². The number of benzene rings is 2. The van der Waals surface area contributed by atoms with E-state index < -0.39 is 0 Å². The summed E-state index contributed by atoms with van der Waals surface area (Å²) >= 11 is 5.56. The summed E-state index contributed by atoms with van der Waals surface area (Å²) in [6, 6.07) is 17.2. The fraction of sp³-hybridized carbons (Fsp3) is 0.316. The van der Waals surface area contributed by atoms with E-state index in [-0.39, 0.29) is 5.82 Å². The Bertz CT molecular complexity index is 616. The molecule has 2 aromatic carbocycles. The molecule has 3 rings (SSSR count). The summed E-state index contributed by atoms with van der Waals surface area (Å²) in [7, 11) is 0. The lowest BCUT2D eigenvalue weighted by atomic mass is 9.90. The summed E-state index contributed by atoms with van der Waals surface area (Å²) in [4.78, 5) is 3.10. The molecule has 1 aliphatic heterocycles. The Morgan fingerprint density at radius 1 is 1.00 bits per heavy atom. The molecule has 0 aromatic heterocycles. The highest BCUT2D eigenvalue weighted by atomic mass is 32.1. The van der Waals surface area contributed by atoms with Crippen LogP contribution in [0.1, 0.15) is 24.0 Å². The largest absolute Gasteiger partial charge is 0.362 e. The van der Waals surface area contributed by atoms with E-state index in [2.05, 4.69) is 35.2 Å². The lowest BCUT2D eigenvalue weighted by Crippen LogP contribution is -2.38. The molecule has 0 unspecified atom stereocenters. The first-order valence-corrected chi connectivity index (χ1v) is 8.22. The first-order valence-electron chi connectivity index (χ1n) is 7.81. The Kier molecular flexibility index (Phi) is 4.84. The highest BCUT2D eigenvalue weighted by molar-refractivity contribution is 7.80. The van der Waals surface area contributed by atoms with Gasteiger partial charge < -0.3 is 4.90 Å². The van der Waals surface area contributed by atoms with E-state index in [1.54, 1.807) is 12.1 Å².